The Bertz CT molecular complexity index is 386. The second-order valence-electron chi connectivity index (χ2n) is 4.68. The fourth-order valence-corrected chi connectivity index (χ4v) is 2.38. The molecule has 1 unspecified atom stereocenters. The van der Waals surface area contributed by atoms with E-state index in [1.165, 1.54) is 12.1 Å². The van der Waals surface area contributed by atoms with Crippen LogP contribution in [0.1, 0.15) is 37.7 Å². The fourth-order valence-electron chi connectivity index (χ4n) is 2.38. The van der Waals surface area contributed by atoms with Crippen LogP contribution in [0.25, 0.3) is 0 Å². The Kier molecular flexibility index (Phi) is 3.55. The Morgan fingerprint density at radius 2 is 1.88 bits per heavy atom. The van der Waals surface area contributed by atoms with Crippen molar-refractivity contribution in [1.82, 2.24) is 0 Å². The van der Waals surface area contributed by atoms with E-state index in [4.69, 9.17) is 0 Å². The number of alkyl halides is 2. The first-order valence-electron chi connectivity index (χ1n) is 6.06. The van der Waals surface area contributed by atoms with Crippen molar-refractivity contribution in [2.45, 2.75) is 38.0 Å². The minimum atomic E-state index is -2.89. The zero-order chi connectivity index (χ0) is 12.3. The zero-order valence-corrected chi connectivity index (χ0v) is 9.66. The molecule has 0 bridgehead atoms. The molecular formula is C14H16F2O. The molecule has 0 N–H and O–H groups in total. The van der Waals surface area contributed by atoms with Gasteiger partial charge in [0.1, 0.15) is 5.78 Å². The summed E-state index contributed by atoms with van der Waals surface area (Å²) in [6.45, 7) is 0. The highest BCUT2D eigenvalue weighted by Gasteiger charge is 2.37. The number of ketones is 1. The molecule has 0 spiro atoms. The average molecular weight is 238 g/mol. The van der Waals surface area contributed by atoms with Crippen molar-refractivity contribution in [3.05, 3.63) is 35.9 Å². The minimum Gasteiger partial charge on any atom is -0.299 e. The van der Waals surface area contributed by atoms with Gasteiger partial charge in [-0.25, -0.2) is 8.78 Å². The van der Waals surface area contributed by atoms with Crippen molar-refractivity contribution in [2.75, 3.05) is 0 Å². The number of Topliss-reactive ketones (excluding diaryl/α,β-unsaturated/α-hetero) is 1. The monoisotopic (exact) mass is 238 g/mol. The molecule has 1 aromatic rings. The van der Waals surface area contributed by atoms with Gasteiger partial charge in [-0.3, -0.25) is 4.79 Å². The topological polar surface area (TPSA) is 17.1 Å². The van der Waals surface area contributed by atoms with E-state index in [2.05, 4.69) is 0 Å². The summed E-state index contributed by atoms with van der Waals surface area (Å²) < 4.78 is 27.9. The van der Waals surface area contributed by atoms with Crippen LogP contribution >= 0.6 is 0 Å². The lowest BCUT2D eigenvalue weighted by atomic mass is 9.83. The predicted molar refractivity (Wildman–Crippen MR) is 61.9 cm³/mol. The molecule has 92 valence electrons. The summed E-state index contributed by atoms with van der Waals surface area (Å²) >= 11 is 0. The van der Waals surface area contributed by atoms with Crippen LogP contribution in [0.15, 0.2) is 30.3 Å². The van der Waals surface area contributed by atoms with Crippen molar-refractivity contribution in [2.24, 2.45) is 5.92 Å². The summed E-state index contributed by atoms with van der Waals surface area (Å²) in [5.74, 6) is -3.34. The maximum atomic E-state index is 14.0. The van der Waals surface area contributed by atoms with Crippen molar-refractivity contribution < 1.29 is 13.6 Å². The summed E-state index contributed by atoms with van der Waals surface area (Å²) in [6.07, 6.45) is 2.49. The quantitative estimate of drug-likeness (QED) is 0.779. The second-order valence-corrected chi connectivity index (χ2v) is 4.68. The van der Waals surface area contributed by atoms with Crippen LogP contribution in [0.5, 0.6) is 0 Å². The predicted octanol–water partition coefficient (Wildman–Crippen LogP) is 3.93. The van der Waals surface area contributed by atoms with E-state index >= 15 is 0 Å². The van der Waals surface area contributed by atoms with Gasteiger partial charge in [0.15, 0.2) is 0 Å². The summed E-state index contributed by atoms with van der Waals surface area (Å²) in [4.78, 5) is 11.6. The van der Waals surface area contributed by atoms with Gasteiger partial charge in [-0.1, -0.05) is 36.8 Å². The molecule has 2 rings (SSSR count). The summed E-state index contributed by atoms with van der Waals surface area (Å²) in [5.41, 5.74) is 0.0124. The zero-order valence-electron chi connectivity index (χ0n) is 9.66. The highest BCUT2D eigenvalue weighted by Crippen LogP contribution is 2.38. The first-order chi connectivity index (χ1) is 8.09. The van der Waals surface area contributed by atoms with Gasteiger partial charge in [0.05, 0.1) is 0 Å². The molecule has 0 amide bonds. The Hall–Kier alpha value is -1.25. The second kappa shape index (κ2) is 4.94. The van der Waals surface area contributed by atoms with Crippen LogP contribution in [0.2, 0.25) is 0 Å². The van der Waals surface area contributed by atoms with Crippen LogP contribution in [-0.4, -0.2) is 5.78 Å². The molecule has 1 fully saturated rings. The van der Waals surface area contributed by atoms with Gasteiger partial charge < -0.3 is 0 Å². The fraction of sp³-hybridized carbons (Fsp3) is 0.500. The highest BCUT2D eigenvalue weighted by molar-refractivity contribution is 5.81. The molecule has 0 saturated heterocycles. The molecule has 1 aromatic carbocycles. The third-order valence-corrected chi connectivity index (χ3v) is 3.38. The van der Waals surface area contributed by atoms with Crippen molar-refractivity contribution in [3.8, 4) is 0 Å². The van der Waals surface area contributed by atoms with Gasteiger partial charge in [0.2, 0.25) is 0 Å². The molecule has 1 aliphatic carbocycles. The molecule has 1 nitrogen and oxygen atoms in total. The lowest BCUT2D eigenvalue weighted by Crippen LogP contribution is -2.26. The van der Waals surface area contributed by atoms with Crippen molar-refractivity contribution in [1.29, 1.82) is 0 Å². The Morgan fingerprint density at radius 1 is 1.18 bits per heavy atom. The van der Waals surface area contributed by atoms with E-state index in [0.29, 0.717) is 12.8 Å². The first-order valence-corrected chi connectivity index (χ1v) is 6.06. The molecule has 0 aliphatic heterocycles. The summed E-state index contributed by atoms with van der Waals surface area (Å²) in [7, 11) is 0. The van der Waals surface area contributed by atoms with Gasteiger partial charge in [0.25, 0.3) is 5.92 Å². The first kappa shape index (κ1) is 12.2. The molecule has 0 radical (unpaired) electrons. The van der Waals surface area contributed by atoms with Crippen LogP contribution in [0.3, 0.4) is 0 Å². The average Bonchev–Trinajstić information content (AvgIpc) is 2.33. The number of hydrogen-bond acceptors (Lipinski definition) is 1. The number of carbonyl (C=O) groups excluding carboxylic acids is 1. The molecular weight excluding hydrogens is 222 g/mol. The molecule has 3 heteroatoms. The van der Waals surface area contributed by atoms with Gasteiger partial charge in [-0.15, -0.1) is 0 Å². The van der Waals surface area contributed by atoms with Gasteiger partial charge >= 0.3 is 0 Å². The highest BCUT2D eigenvalue weighted by atomic mass is 19.3. The third-order valence-electron chi connectivity index (χ3n) is 3.38. The summed E-state index contributed by atoms with van der Waals surface area (Å²) in [5, 5.41) is 0. The largest absolute Gasteiger partial charge is 0.299 e. The maximum absolute atomic E-state index is 14.0. The number of rotatable bonds is 3. The van der Waals surface area contributed by atoms with Gasteiger partial charge in [0, 0.05) is 24.3 Å². The smallest absolute Gasteiger partial charge is 0.273 e. The minimum absolute atomic E-state index is 0.00635. The number of carbonyl (C=O) groups is 1. The normalized spacial score (nSPS) is 21.5. The van der Waals surface area contributed by atoms with E-state index in [0.717, 1.165) is 12.8 Å². The third kappa shape index (κ3) is 2.90. The molecule has 17 heavy (non-hydrogen) atoms. The van der Waals surface area contributed by atoms with Crippen molar-refractivity contribution >= 4 is 5.78 Å². The Morgan fingerprint density at radius 3 is 2.53 bits per heavy atom. The van der Waals surface area contributed by atoms with E-state index in [1.54, 1.807) is 18.2 Å². The van der Waals surface area contributed by atoms with Crippen LogP contribution in [0.4, 0.5) is 8.78 Å². The Labute approximate surface area is 99.8 Å². The van der Waals surface area contributed by atoms with Crippen molar-refractivity contribution in [3.63, 3.8) is 0 Å². The SMILES string of the molecule is O=C1CCCCC1CC(F)(F)c1ccccc1. The standard InChI is InChI=1S/C14H16F2O/c15-14(16,12-7-2-1-3-8-12)10-11-6-4-5-9-13(11)17/h1-3,7-8,11H,4-6,9-10H2. The number of benzene rings is 1. The van der Waals surface area contributed by atoms with E-state index in [9.17, 15) is 13.6 Å². The summed E-state index contributed by atoms with van der Waals surface area (Å²) in [6, 6.07) is 7.77. The molecule has 1 saturated carbocycles. The molecule has 1 aliphatic rings. The van der Waals surface area contributed by atoms with Gasteiger partial charge in [-0.2, -0.15) is 0 Å². The Balaban J connectivity index is 2.09. The van der Waals surface area contributed by atoms with Gasteiger partial charge in [-0.05, 0) is 12.8 Å². The van der Waals surface area contributed by atoms with E-state index in [1.807, 2.05) is 0 Å². The number of halogens is 2. The van der Waals surface area contributed by atoms with E-state index in [-0.39, 0.29) is 17.8 Å². The molecule has 0 heterocycles. The molecule has 0 aromatic heterocycles. The number of hydrogen-bond donors (Lipinski definition) is 0. The lowest BCUT2D eigenvalue weighted by Gasteiger charge is -2.25. The van der Waals surface area contributed by atoms with Crippen LogP contribution < -0.4 is 0 Å². The van der Waals surface area contributed by atoms with E-state index < -0.39 is 11.8 Å². The molecule has 1 atom stereocenters. The van der Waals surface area contributed by atoms with Crippen LogP contribution in [0, 0.1) is 5.92 Å². The van der Waals surface area contributed by atoms with Crippen LogP contribution in [-0.2, 0) is 10.7 Å². The maximum Gasteiger partial charge on any atom is 0.273 e. The lowest BCUT2D eigenvalue weighted by molar-refractivity contribution is -0.129.